The minimum Gasteiger partial charge on any atom is -0.496 e. The van der Waals surface area contributed by atoms with Crippen LogP contribution in [0.1, 0.15) is 49.7 Å². The molecule has 0 saturated carbocycles. The van der Waals surface area contributed by atoms with Gasteiger partial charge in [-0.15, -0.1) is 0 Å². The molecule has 1 N–H and O–H groups in total. The molecule has 2 aromatic rings. The van der Waals surface area contributed by atoms with Gasteiger partial charge in [0.25, 0.3) is 0 Å². The topological polar surface area (TPSA) is 96.0 Å². The summed E-state index contributed by atoms with van der Waals surface area (Å²) in [5, 5.41) is 0. The van der Waals surface area contributed by atoms with Gasteiger partial charge in [0, 0.05) is 50.3 Å². The Balaban J connectivity index is 1.37. The molecule has 8 nitrogen and oxygen atoms in total. The fourth-order valence-electron chi connectivity index (χ4n) is 4.74. The zero-order chi connectivity index (χ0) is 24.8. The van der Waals surface area contributed by atoms with Gasteiger partial charge in [0.15, 0.2) is 0 Å². The van der Waals surface area contributed by atoms with Crippen molar-refractivity contribution in [2.24, 2.45) is 0 Å². The summed E-state index contributed by atoms with van der Waals surface area (Å²) in [6.45, 7) is 2.16. The highest BCUT2D eigenvalue weighted by Crippen LogP contribution is 2.31. The average Bonchev–Trinajstić information content (AvgIpc) is 3.10. The van der Waals surface area contributed by atoms with Gasteiger partial charge in [-0.3, -0.25) is 9.59 Å². The Morgan fingerprint density at radius 2 is 1.66 bits per heavy atom. The number of likely N-dealkylation sites (tertiary alicyclic amines) is 1. The van der Waals surface area contributed by atoms with Crippen molar-refractivity contribution in [2.45, 2.75) is 56.4 Å². The number of carbonyl (C=O) groups excluding carboxylic acids is 2. The number of ether oxygens (including phenoxy) is 1. The van der Waals surface area contributed by atoms with E-state index in [1.807, 2.05) is 23.1 Å². The van der Waals surface area contributed by atoms with Crippen LogP contribution in [0.25, 0.3) is 0 Å². The predicted molar refractivity (Wildman–Crippen MR) is 134 cm³/mol. The molecule has 0 radical (unpaired) electrons. The second kappa shape index (κ2) is 11.2. The number of methoxy groups -OCH3 is 1. The van der Waals surface area contributed by atoms with Crippen LogP contribution in [0.3, 0.4) is 0 Å². The number of benzene rings is 2. The molecule has 2 heterocycles. The number of hydrogen-bond acceptors (Lipinski definition) is 5. The molecular weight excluding hydrogens is 466 g/mol. The van der Waals surface area contributed by atoms with E-state index in [0.29, 0.717) is 18.7 Å². The van der Waals surface area contributed by atoms with Crippen molar-refractivity contribution in [2.75, 3.05) is 31.6 Å². The number of nitrogens with zero attached hydrogens (tertiary/aromatic N) is 2. The van der Waals surface area contributed by atoms with Gasteiger partial charge in [0.05, 0.1) is 12.0 Å². The SMILES string of the molecule is COc1ccccc1CNS(=O)(=O)c1ccc2c(c1)CCN2C(=O)CCC(=O)N1CCCCCC1. The fourth-order valence-corrected chi connectivity index (χ4v) is 5.79. The Bertz CT molecular complexity index is 1170. The molecule has 1 fully saturated rings. The standard InChI is InChI=1S/C26H33N3O5S/c1-34-24-9-5-4-8-21(24)19-27-35(32,33)22-10-11-23-20(18-22)14-17-29(23)26(31)13-12-25(30)28-15-6-2-3-7-16-28/h4-5,8-11,18,27H,2-3,6-7,12-17,19H2,1H3. The number of nitrogens with one attached hydrogen (secondary N) is 1. The first-order valence-electron chi connectivity index (χ1n) is 12.2. The average molecular weight is 500 g/mol. The normalized spacial score (nSPS) is 16.0. The van der Waals surface area contributed by atoms with Crippen molar-refractivity contribution in [3.63, 3.8) is 0 Å². The van der Waals surface area contributed by atoms with E-state index in [9.17, 15) is 18.0 Å². The van der Waals surface area contributed by atoms with Crippen molar-refractivity contribution < 1.29 is 22.7 Å². The van der Waals surface area contributed by atoms with Gasteiger partial charge in [0.2, 0.25) is 21.8 Å². The Hall–Kier alpha value is -2.91. The summed E-state index contributed by atoms with van der Waals surface area (Å²) in [5.74, 6) is 0.562. The number of amides is 2. The van der Waals surface area contributed by atoms with Crippen LogP contribution >= 0.6 is 0 Å². The molecular formula is C26H33N3O5S. The van der Waals surface area contributed by atoms with E-state index in [2.05, 4.69) is 4.72 Å². The summed E-state index contributed by atoms with van der Waals surface area (Å²) in [6.07, 6.45) is 5.31. The third-order valence-corrected chi connectivity index (χ3v) is 8.11. The van der Waals surface area contributed by atoms with E-state index >= 15 is 0 Å². The predicted octanol–water partition coefficient (Wildman–Crippen LogP) is 3.25. The third-order valence-electron chi connectivity index (χ3n) is 6.71. The van der Waals surface area contributed by atoms with Crippen LogP contribution in [0.5, 0.6) is 5.75 Å². The van der Waals surface area contributed by atoms with E-state index < -0.39 is 10.0 Å². The summed E-state index contributed by atoms with van der Waals surface area (Å²) in [6, 6.07) is 12.1. The van der Waals surface area contributed by atoms with Crippen molar-refractivity contribution in [1.29, 1.82) is 0 Å². The van der Waals surface area contributed by atoms with Gasteiger partial charge < -0.3 is 14.5 Å². The van der Waals surface area contributed by atoms with Crippen molar-refractivity contribution in [3.8, 4) is 5.75 Å². The lowest BCUT2D eigenvalue weighted by molar-refractivity contribution is -0.133. The second-order valence-electron chi connectivity index (χ2n) is 9.02. The van der Waals surface area contributed by atoms with Gasteiger partial charge in [-0.05, 0) is 49.1 Å². The minimum atomic E-state index is -3.74. The maximum Gasteiger partial charge on any atom is 0.240 e. The lowest BCUT2D eigenvalue weighted by Crippen LogP contribution is -2.34. The summed E-state index contributed by atoms with van der Waals surface area (Å²) in [5.41, 5.74) is 2.28. The monoisotopic (exact) mass is 499 g/mol. The van der Waals surface area contributed by atoms with Crippen LogP contribution in [0.2, 0.25) is 0 Å². The number of anilines is 1. The number of carbonyl (C=O) groups is 2. The van der Waals surface area contributed by atoms with Crippen LogP contribution in [0.4, 0.5) is 5.69 Å². The van der Waals surface area contributed by atoms with E-state index in [0.717, 1.165) is 55.6 Å². The molecule has 0 unspecified atom stereocenters. The quantitative estimate of drug-likeness (QED) is 0.602. The van der Waals surface area contributed by atoms with E-state index in [-0.39, 0.29) is 36.1 Å². The smallest absolute Gasteiger partial charge is 0.240 e. The zero-order valence-electron chi connectivity index (χ0n) is 20.2. The molecule has 2 amide bonds. The summed E-state index contributed by atoms with van der Waals surface area (Å²) < 4.78 is 33.7. The lowest BCUT2D eigenvalue weighted by Gasteiger charge is -2.21. The first kappa shape index (κ1) is 25.2. The van der Waals surface area contributed by atoms with Crippen LogP contribution < -0.4 is 14.4 Å². The number of rotatable bonds is 8. The highest BCUT2D eigenvalue weighted by molar-refractivity contribution is 7.89. The van der Waals surface area contributed by atoms with Crippen LogP contribution in [0, 0.1) is 0 Å². The molecule has 1 saturated heterocycles. The molecule has 0 atom stereocenters. The van der Waals surface area contributed by atoms with Crippen LogP contribution in [-0.2, 0) is 32.6 Å². The second-order valence-corrected chi connectivity index (χ2v) is 10.8. The fraction of sp³-hybridized carbons (Fsp3) is 0.462. The molecule has 188 valence electrons. The minimum absolute atomic E-state index is 0.0437. The maximum atomic E-state index is 12.9. The Morgan fingerprint density at radius 1 is 0.943 bits per heavy atom. The summed E-state index contributed by atoms with van der Waals surface area (Å²) >= 11 is 0. The van der Waals surface area contributed by atoms with Gasteiger partial charge in [-0.2, -0.15) is 0 Å². The number of sulfonamides is 1. The maximum absolute atomic E-state index is 12.9. The summed E-state index contributed by atoms with van der Waals surface area (Å²) in [4.78, 5) is 29.1. The molecule has 2 aromatic carbocycles. The van der Waals surface area contributed by atoms with Crippen molar-refractivity contribution >= 4 is 27.5 Å². The molecule has 0 spiro atoms. The van der Waals surface area contributed by atoms with E-state index in [1.165, 1.54) is 6.07 Å². The van der Waals surface area contributed by atoms with Gasteiger partial charge in [-0.1, -0.05) is 31.0 Å². The lowest BCUT2D eigenvalue weighted by atomic mass is 10.2. The van der Waals surface area contributed by atoms with E-state index in [1.54, 1.807) is 30.2 Å². The van der Waals surface area contributed by atoms with Gasteiger partial charge in [-0.25, -0.2) is 13.1 Å². The molecule has 35 heavy (non-hydrogen) atoms. The van der Waals surface area contributed by atoms with Gasteiger partial charge >= 0.3 is 0 Å². The molecule has 0 aromatic heterocycles. The largest absolute Gasteiger partial charge is 0.496 e. The number of hydrogen-bond donors (Lipinski definition) is 1. The molecule has 2 aliphatic rings. The molecule has 0 aliphatic carbocycles. The highest BCUT2D eigenvalue weighted by atomic mass is 32.2. The summed E-state index contributed by atoms with van der Waals surface area (Å²) in [7, 11) is -2.19. The molecule has 2 aliphatic heterocycles. The molecule has 0 bridgehead atoms. The van der Waals surface area contributed by atoms with Crippen LogP contribution in [0.15, 0.2) is 47.4 Å². The Labute approximate surface area is 207 Å². The molecule has 9 heteroatoms. The third kappa shape index (κ3) is 6.02. The Kier molecular flexibility index (Phi) is 8.07. The highest BCUT2D eigenvalue weighted by Gasteiger charge is 2.27. The van der Waals surface area contributed by atoms with E-state index in [4.69, 9.17) is 4.74 Å². The first-order valence-corrected chi connectivity index (χ1v) is 13.7. The number of fused-ring (bicyclic) bond motifs is 1. The Morgan fingerprint density at radius 3 is 2.40 bits per heavy atom. The zero-order valence-corrected chi connectivity index (χ0v) is 21.0. The van der Waals surface area contributed by atoms with Gasteiger partial charge in [0.1, 0.15) is 5.75 Å². The van der Waals surface area contributed by atoms with Crippen molar-refractivity contribution in [1.82, 2.24) is 9.62 Å². The molecule has 4 rings (SSSR count). The number of para-hydroxylation sites is 1. The van der Waals surface area contributed by atoms with Crippen LogP contribution in [-0.4, -0.2) is 51.9 Å². The first-order chi connectivity index (χ1) is 16.9. The van der Waals surface area contributed by atoms with Crippen molar-refractivity contribution in [3.05, 3.63) is 53.6 Å².